The molecule has 2 saturated heterocycles. The quantitative estimate of drug-likeness (QED) is 0.719. The summed E-state index contributed by atoms with van der Waals surface area (Å²) in [7, 11) is -3.50. The third-order valence-electron chi connectivity index (χ3n) is 5.76. The maximum Gasteiger partial charge on any atom is 0.328 e. The van der Waals surface area contributed by atoms with E-state index in [9.17, 15) is 22.8 Å². The van der Waals surface area contributed by atoms with Crippen molar-refractivity contribution in [3.63, 3.8) is 0 Å². The molecule has 1 aliphatic carbocycles. The average molecular weight is 374 g/mol. The summed E-state index contributed by atoms with van der Waals surface area (Å²) in [5, 5.41) is 4.40. The Hall–Kier alpha value is -2.48. The Morgan fingerprint density at radius 1 is 1.00 bits per heavy atom. The van der Waals surface area contributed by atoms with E-state index < -0.39 is 44.9 Å². The number of hydrogen-bond donors (Lipinski definition) is 2. The van der Waals surface area contributed by atoms with Crippen LogP contribution in [-0.2, 0) is 19.4 Å². The van der Waals surface area contributed by atoms with Gasteiger partial charge in [0.25, 0.3) is 0 Å². The van der Waals surface area contributed by atoms with Crippen LogP contribution in [0.5, 0.6) is 0 Å². The number of benzene rings is 1. The number of hydrogen-bond acceptors (Lipinski definition) is 5. The van der Waals surface area contributed by atoms with Crippen LogP contribution in [0.25, 0.3) is 0 Å². The molecule has 2 heterocycles. The highest BCUT2D eigenvalue weighted by atomic mass is 32.2. The zero-order chi connectivity index (χ0) is 18.7. The van der Waals surface area contributed by atoms with Crippen molar-refractivity contribution in [2.24, 2.45) is 11.3 Å². The van der Waals surface area contributed by atoms with Crippen LogP contribution in [0.4, 0.5) is 4.79 Å². The summed E-state index contributed by atoms with van der Waals surface area (Å²) in [5.41, 5.74) is -0.187. The summed E-state index contributed by atoms with van der Waals surface area (Å²) in [6.45, 7) is 1.75. The summed E-state index contributed by atoms with van der Waals surface area (Å²) in [5.74, 6) is -2.83. The van der Waals surface area contributed by atoms with Crippen molar-refractivity contribution in [3.05, 3.63) is 46.4 Å². The van der Waals surface area contributed by atoms with Crippen LogP contribution < -0.4 is 10.6 Å². The Morgan fingerprint density at radius 3 is 2.23 bits per heavy atom. The van der Waals surface area contributed by atoms with E-state index in [1.165, 1.54) is 0 Å². The summed E-state index contributed by atoms with van der Waals surface area (Å²) in [6, 6.07) is 8.24. The van der Waals surface area contributed by atoms with Gasteiger partial charge in [0, 0.05) is 16.7 Å². The Kier molecular flexibility index (Phi) is 3.59. The first kappa shape index (κ1) is 17.0. The monoisotopic (exact) mass is 374 g/mol. The number of imide groups is 2. The second-order valence-corrected chi connectivity index (χ2v) is 9.16. The van der Waals surface area contributed by atoms with E-state index in [-0.39, 0.29) is 23.5 Å². The molecule has 1 aromatic rings. The van der Waals surface area contributed by atoms with Gasteiger partial charge in [0.05, 0.1) is 5.75 Å². The van der Waals surface area contributed by atoms with Crippen LogP contribution in [0.15, 0.2) is 40.8 Å². The number of fused-ring (bicyclic) bond motifs is 2. The van der Waals surface area contributed by atoms with Crippen molar-refractivity contribution < 1.29 is 22.8 Å². The van der Waals surface area contributed by atoms with Gasteiger partial charge in [0.2, 0.25) is 11.8 Å². The van der Waals surface area contributed by atoms with Gasteiger partial charge >= 0.3 is 6.03 Å². The van der Waals surface area contributed by atoms with Crippen LogP contribution in [-0.4, -0.2) is 32.0 Å². The molecule has 4 amide bonds. The molecular formula is C18H18N2O5S. The lowest BCUT2D eigenvalue weighted by Crippen LogP contribution is -2.67. The Bertz CT molecular complexity index is 945. The first-order chi connectivity index (χ1) is 12.3. The molecule has 2 aliphatic heterocycles. The normalized spacial score (nSPS) is 29.3. The number of carbonyl (C=O) groups is 3. The van der Waals surface area contributed by atoms with E-state index in [1.54, 1.807) is 6.92 Å². The minimum absolute atomic E-state index is 0.0951. The zero-order valence-electron chi connectivity index (χ0n) is 14.1. The number of sulfone groups is 1. The lowest BCUT2D eigenvalue weighted by Gasteiger charge is -2.47. The number of barbiturate groups is 1. The zero-order valence-corrected chi connectivity index (χ0v) is 14.9. The number of carbonyl (C=O) groups excluding carboxylic acids is 3. The smallest absolute Gasteiger partial charge is 0.277 e. The third-order valence-corrected chi connectivity index (χ3v) is 7.84. The first-order valence-corrected chi connectivity index (χ1v) is 10.1. The Morgan fingerprint density at radius 2 is 1.62 bits per heavy atom. The van der Waals surface area contributed by atoms with Gasteiger partial charge in [0.15, 0.2) is 9.84 Å². The second-order valence-electron chi connectivity index (χ2n) is 7.08. The molecular weight excluding hydrogens is 356 g/mol. The molecule has 1 spiro atoms. The molecule has 1 unspecified atom stereocenters. The fraction of sp³-hybridized carbons (Fsp3) is 0.389. The topological polar surface area (TPSA) is 109 Å². The Balaban J connectivity index is 1.99. The minimum Gasteiger partial charge on any atom is -0.277 e. The molecule has 2 atom stereocenters. The molecule has 0 radical (unpaired) electrons. The molecule has 2 fully saturated rings. The second kappa shape index (κ2) is 5.51. The SMILES string of the molecule is CC1=C2C(CCS2(=O)=O)C2(C(=O)NC(=O)NC2=O)[C@H](c2ccccc2)C1. The number of amides is 4. The summed E-state index contributed by atoms with van der Waals surface area (Å²) in [6.07, 6.45) is 0.456. The van der Waals surface area contributed by atoms with E-state index in [1.807, 2.05) is 30.3 Å². The van der Waals surface area contributed by atoms with Crippen molar-refractivity contribution in [2.75, 3.05) is 5.75 Å². The van der Waals surface area contributed by atoms with Gasteiger partial charge in [-0.15, -0.1) is 0 Å². The highest BCUT2D eigenvalue weighted by Crippen LogP contribution is 2.58. The molecule has 0 saturated carbocycles. The van der Waals surface area contributed by atoms with Gasteiger partial charge in [0.1, 0.15) is 5.41 Å². The minimum atomic E-state index is -3.50. The van der Waals surface area contributed by atoms with E-state index >= 15 is 0 Å². The van der Waals surface area contributed by atoms with E-state index in [4.69, 9.17) is 0 Å². The lowest BCUT2D eigenvalue weighted by molar-refractivity contribution is -0.150. The van der Waals surface area contributed by atoms with Crippen LogP contribution >= 0.6 is 0 Å². The van der Waals surface area contributed by atoms with Crippen LogP contribution in [0.3, 0.4) is 0 Å². The highest BCUT2D eigenvalue weighted by molar-refractivity contribution is 7.95. The molecule has 4 rings (SSSR count). The van der Waals surface area contributed by atoms with Crippen molar-refractivity contribution in [3.8, 4) is 0 Å². The Labute approximate surface area is 150 Å². The lowest BCUT2D eigenvalue weighted by atomic mass is 9.57. The third kappa shape index (κ3) is 2.11. The maximum atomic E-state index is 13.0. The predicted octanol–water partition coefficient (Wildman–Crippen LogP) is 1.24. The molecule has 7 nitrogen and oxygen atoms in total. The number of nitrogens with one attached hydrogen (secondary N) is 2. The van der Waals surface area contributed by atoms with E-state index in [0.29, 0.717) is 5.57 Å². The van der Waals surface area contributed by atoms with Gasteiger partial charge in [-0.05, 0) is 25.3 Å². The standard InChI is InChI=1S/C18H18N2O5S/c1-10-9-13(11-5-3-2-4-6-11)18(12-7-8-26(24,25)14(10)12)15(21)19-17(23)20-16(18)22/h2-6,12-13H,7-9H2,1H3,(H2,19,20,21,22,23)/t12?,13-/m0/s1. The molecule has 136 valence electrons. The number of rotatable bonds is 1. The molecule has 8 heteroatoms. The molecule has 0 bridgehead atoms. The predicted molar refractivity (Wildman–Crippen MR) is 92.5 cm³/mol. The molecule has 26 heavy (non-hydrogen) atoms. The van der Waals surface area contributed by atoms with Crippen LogP contribution in [0, 0.1) is 11.3 Å². The first-order valence-electron chi connectivity index (χ1n) is 8.42. The number of allylic oxidation sites excluding steroid dienone is 2. The van der Waals surface area contributed by atoms with Gasteiger partial charge < -0.3 is 0 Å². The van der Waals surface area contributed by atoms with E-state index in [0.717, 1.165) is 5.56 Å². The fourth-order valence-electron chi connectivity index (χ4n) is 4.79. The van der Waals surface area contributed by atoms with Gasteiger partial charge in [-0.2, -0.15) is 0 Å². The van der Waals surface area contributed by atoms with Crippen molar-refractivity contribution >= 4 is 27.7 Å². The van der Waals surface area contributed by atoms with Gasteiger partial charge in [-0.3, -0.25) is 20.2 Å². The van der Waals surface area contributed by atoms with E-state index in [2.05, 4.69) is 10.6 Å². The van der Waals surface area contributed by atoms with Crippen molar-refractivity contribution in [2.45, 2.75) is 25.7 Å². The number of urea groups is 1. The summed E-state index contributed by atoms with van der Waals surface area (Å²) >= 11 is 0. The molecule has 0 aromatic heterocycles. The molecule has 2 N–H and O–H groups in total. The average Bonchev–Trinajstić information content (AvgIpc) is 2.90. The van der Waals surface area contributed by atoms with Crippen molar-refractivity contribution in [1.82, 2.24) is 10.6 Å². The maximum absolute atomic E-state index is 13.0. The van der Waals surface area contributed by atoms with Crippen LogP contribution in [0.2, 0.25) is 0 Å². The van der Waals surface area contributed by atoms with Gasteiger partial charge in [-0.1, -0.05) is 35.9 Å². The highest BCUT2D eigenvalue weighted by Gasteiger charge is 2.66. The summed E-state index contributed by atoms with van der Waals surface area (Å²) < 4.78 is 25.1. The largest absolute Gasteiger partial charge is 0.328 e. The summed E-state index contributed by atoms with van der Waals surface area (Å²) in [4.78, 5) is 37.9. The van der Waals surface area contributed by atoms with Crippen LogP contribution in [0.1, 0.15) is 31.2 Å². The van der Waals surface area contributed by atoms with Crippen molar-refractivity contribution in [1.29, 1.82) is 0 Å². The fourth-order valence-corrected chi connectivity index (χ4v) is 6.90. The van der Waals surface area contributed by atoms with Gasteiger partial charge in [-0.25, -0.2) is 13.2 Å². The molecule has 1 aromatic carbocycles. The molecule has 3 aliphatic rings.